The molecule has 0 amide bonds. The summed E-state index contributed by atoms with van der Waals surface area (Å²) in [4.78, 5) is 34.7. The zero-order valence-electron chi connectivity index (χ0n) is 31.2. The van der Waals surface area contributed by atoms with Gasteiger partial charge in [-0.3, -0.25) is 18.6 Å². The van der Waals surface area contributed by atoms with Crippen LogP contribution in [0, 0.1) is 0 Å². The Hall–Kier alpha value is -1.77. The zero-order chi connectivity index (χ0) is 36.1. The molecule has 0 fully saturated rings. The van der Waals surface area contributed by atoms with Gasteiger partial charge in [-0.1, -0.05) is 140 Å². The summed E-state index contributed by atoms with van der Waals surface area (Å²) in [5, 5.41) is 0. The van der Waals surface area contributed by atoms with Crippen molar-refractivity contribution in [2.24, 2.45) is 5.73 Å². The summed E-state index contributed by atoms with van der Waals surface area (Å²) >= 11 is 0. The molecule has 49 heavy (non-hydrogen) atoms. The van der Waals surface area contributed by atoms with Crippen LogP contribution in [0.2, 0.25) is 0 Å². The molecule has 0 aliphatic heterocycles. The molecule has 0 bridgehead atoms. The Morgan fingerprint density at radius 1 is 0.612 bits per heavy atom. The minimum Gasteiger partial charge on any atom is -0.462 e. The molecule has 0 aliphatic carbocycles. The Morgan fingerprint density at radius 2 is 1.06 bits per heavy atom. The van der Waals surface area contributed by atoms with Gasteiger partial charge in [0.1, 0.15) is 6.61 Å². The quantitative estimate of drug-likeness (QED) is 0.0281. The van der Waals surface area contributed by atoms with Crippen molar-refractivity contribution < 1.29 is 37.6 Å². The van der Waals surface area contributed by atoms with Crippen LogP contribution >= 0.6 is 7.82 Å². The van der Waals surface area contributed by atoms with Crippen molar-refractivity contribution in [1.29, 1.82) is 0 Å². The molecule has 0 radical (unpaired) electrons. The predicted molar refractivity (Wildman–Crippen MR) is 201 cm³/mol. The van der Waals surface area contributed by atoms with E-state index in [1.165, 1.54) is 77.0 Å². The number of allylic oxidation sites excluding steroid dienone is 6. The molecule has 0 saturated carbocycles. The summed E-state index contributed by atoms with van der Waals surface area (Å²) < 4.78 is 32.6. The third kappa shape index (κ3) is 35.8. The van der Waals surface area contributed by atoms with Crippen LogP contribution in [0.3, 0.4) is 0 Å². The van der Waals surface area contributed by atoms with Crippen LogP contribution in [0.1, 0.15) is 168 Å². The van der Waals surface area contributed by atoms with Crippen LogP contribution in [-0.2, 0) is 32.7 Å². The molecule has 286 valence electrons. The topological polar surface area (TPSA) is 134 Å². The Balaban J connectivity index is 4.26. The highest BCUT2D eigenvalue weighted by atomic mass is 31.2. The summed E-state index contributed by atoms with van der Waals surface area (Å²) in [5.41, 5.74) is 5.33. The lowest BCUT2D eigenvalue weighted by Gasteiger charge is -2.19. The van der Waals surface area contributed by atoms with Gasteiger partial charge in [0.15, 0.2) is 6.10 Å². The molecule has 0 rings (SSSR count). The summed E-state index contributed by atoms with van der Waals surface area (Å²) in [6.45, 7) is 3.66. The fraction of sp³-hybridized carbons (Fsp3) is 0.795. The first-order chi connectivity index (χ1) is 23.8. The van der Waals surface area contributed by atoms with Crippen molar-refractivity contribution in [3.63, 3.8) is 0 Å². The number of nitrogens with two attached hydrogens (primary N) is 1. The minimum absolute atomic E-state index is 0.0496. The molecular formula is C39H72NO8P. The first-order valence-electron chi connectivity index (χ1n) is 19.5. The van der Waals surface area contributed by atoms with Gasteiger partial charge in [0.25, 0.3) is 0 Å². The van der Waals surface area contributed by atoms with Crippen molar-refractivity contribution in [1.82, 2.24) is 0 Å². The highest BCUT2D eigenvalue weighted by Gasteiger charge is 2.25. The van der Waals surface area contributed by atoms with E-state index in [1.807, 2.05) is 0 Å². The lowest BCUT2D eigenvalue weighted by Crippen LogP contribution is -2.29. The van der Waals surface area contributed by atoms with E-state index in [4.69, 9.17) is 24.3 Å². The van der Waals surface area contributed by atoms with Crippen LogP contribution in [0.15, 0.2) is 36.5 Å². The lowest BCUT2D eigenvalue weighted by molar-refractivity contribution is -0.161. The molecule has 0 spiro atoms. The fourth-order valence-corrected chi connectivity index (χ4v) is 5.88. The molecule has 0 aromatic carbocycles. The zero-order valence-corrected chi connectivity index (χ0v) is 32.1. The SMILES string of the molecule is CCCCCC=CCC=CCC=CCCCCCCC(=O)OC(COC(=O)CCCCCCCCCCCCC)COP(=O)(O)OCCN. The molecule has 2 atom stereocenters. The third-order valence-electron chi connectivity index (χ3n) is 8.03. The Morgan fingerprint density at radius 3 is 1.61 bits per heavy atom. The minimum atomic E-state index is -4.37. The average molecular weight is 714 g/mol. The second-order valence-corrected chi connectivity index (χ2v) is 14.3. The van der Waals surface area contributed by atoms with Gasteiger partial charge in [0.2, 0.25) is 0 Å². The van der Waals surface area contributed by atoms with Crippen LogP contribution in [0.4, 0.5) is 0 Å². The molecule has 0 aliphatic rings. The van der Waals surface area contributed by atoms with Gasteiger partial charge in [-0.25, -0.2) is 4.57 Å². The number of unbranched alkanes of at least 4 members (excludes halogenated alkanes) is 17. The van der Waals surface area contributed by atoms with Crippen molar-refractivity contribution in [3.8, 4) is 0 Å². The molecule has 10 heteroatoms. The van der Waals surface area contributed by atoms with E-state index in [1.54, 1.807) is 0 Å². The standard InChI is InChI=1S/C39H72NO8P/c1-3-5-7-9-11-13-15-16-17-18-19-20-22-24-26-28-30-32-39(42)48-37(36-47-49(43,44)46-34-33-40)35-45-38(41)31-29-27-25-23-21-14-12-10-8-6-4-2/h11,13,16-17,19-20,37H,3-10,12,14-15,18,21-36,40H2,1-2H3,(H,43,44). The Kier molecular flexibility index (Phi) is 34.7. The van der Waals surface area contributed by atoms with Gasteiger partial charge in [0, 0.05) is 19.4 Å². The average Bonchev–Trinajstić information content (AvgIpc) is 3.08. The van der Waals surface area contributed by atoms with E-state index in [9.17, 15) is 19.0 Å². The number of phosphoric acid groups is 1. The molecular weight excluding hydrogens is 641 g/mol. The monoisotopic (exact) mass is 713 g/mol. The largest absolute Gasteiger partial charge is 0.472 e. The molecule has 0 heterocycles. The van der Waals surface area contributed by atoms with E-state index < -0.39 is 26.5 Å². The second kappa shape index (κ2) is 36.0. The van der Waals surface area contributed by atoms with E-state index in [0.29, 0.717) is 6.42 Å². The van der Waals surface area contributed by atoms with E-state index >= 15 is 0 Å². The Labute approximate surface area is 299 Å². The molecule has 2 unspecified atom stereocenters. The van der Waals surface area contributed by atoms with Gasteiger partial charge in [0.05, 0.1) is 13.2 Å². The highest BCUT2D eigenvalue weighted by Crippen LogP contribution is 2.43. The van der Waals surface area contributed by atoms with Crippen molar-refractivity contribution in [2.75, 3.05) is 26.4 Å². The number of carbonyl (C=O) groups is 2. The van der Waals surface area contributed by atoms with Crippen molar-refractivity contribution >= 4 is 19.8 Å². The molecule has 9 nitrogen and oxygen atoms in total. The first-order valence-corrected chi connectivity index (χ1v) is 21.0. The van der Waals surface area contributed by atoms with Crippen LogP contribution in [-0.4, -0.2) is 49.3 Å². The first kappa shape index (κ1) is 47.2. The maximum absolute atomic E-state index is 12.5. The van der Waals surface area contributed by atoms with Gasteiger partial charge in [-0.2, -0.15) is 0 Å². The number of carbonyl (C=O) groups excluding carboxylic acids is 2. The number of hydrogen-bond acceptors (Lipinski definition) is 8. The fourth-order valence-electron chi connectivity index (χ4n) is 5.11. The maximum atomic E-state index is 12.5. The van der Waals surface area contributed by atoms with Crippen LogP contribution in [0.5, 0.6) is 0 Å². The van der Waals surface area contributed by atoms with Crippen molar-refractivity contribution in [3.05, 3.63) is 36.5 Å². The third-order valence-corrected chi connectivity index (χ3v) is 9.01. The van der Waals surface area contributed by atoms with Gasteiger partial charge >= 0.3 is 19.8 Å². The highest BCUT2D eigenvalue weighted by molar-refractivity contribution is 7.47. The Bertz CT molecular complexity index is 907. The summed E-state index contributed by atoms with van der Waals surface area (Å²) in [6.07, 6.45) is 37.4. The predicted octanol–water partition coefficient (Wildman–Crippen LogP) is 10.6. The van der Waals surface area contributed by atoms with Crippen molar-refractivity contribution in [2.45, 2.75) is 174 Å². The molecule has 0 aromatic heterocycles. The number of rotatable bonds is 36. The van der Waals surface area contributed by atoms with Gasteiger partial charge in [-0.15, -0.1) is 0 Å². The number of esters is 2. The number of phosphoric ester groups is 1. The summed E-state index contributed by atoms with van der Waals surface area (Å²) in [7, 11) is -4.37. The van der Waals surface area contributed by atoms with E-state index in [0.717, 1.165) is 57.8 Å². The van der Waals surface area contributed by atoms with Crippen LogP contribution in [0.25, 0.3) is 0 Å². The van der Waals surface area contributed by atoms with Gasteiger partial charge in [-0.05, 0) is 51.4 Å². The maximum Gasteiger partial charge on any atom is 0.472 e. The smallest absolute Gasteiger partial charge is 0.462 e. The lowest BCUT2D eigenvalue weighted by atomic mass is 10.1. The number of hydrogen-bond donors (Lipinski definition) is 2. The number of ether oxygens (including phenoxy) is 2. The second-order valence-electron chi connectivity index (χ2n) is 12.8. The van der Waals surface area contributed by atoms with Crippen LogP contribution < -0.4 is 5.73 Å². The molecule has 0 aromatic rings. The normalized spacial score (nSPS) is 13.8. The summed E-state index contributed by atoms with van der Waals surface area (Å²) in [6, 6.07) is 0. The van der Waals surface area contributed by atoms with Gasteiger partial charge < -0.3 is 20.1 Å². The summed E-state index contributed by atoms with van der Waals surface area (Å²) in [5.74, 6) is -0.855. The molecule has 3 N–H and O–H groups in total. The van der Waals surface area contributed by atoms with E-state index in [2.05, 4.69) is 50.3 Å². The van der Waals surface area contributed by atoms with E-state index in [-0.39, 0.29) is 38.6 Å². The molecule has 0 saturated heterocycles.